The van der Waals surface area contributed by atoms with Crippen LogP contribution in [0.5, 0.6) is 0 Å². The van der Waals surface area contributed by atoms with Gasteiger partial charge in [0.25, 0.3) is 0 Å². The topological polar surface area (TPSA) is 104 Å². The first kappa shape index (κ1) is 18.8. The van der Waals surface area contributed by atoms with Crippen LogP contribution >= 0.6 is 11.6 Å². The predicted molar refractivity (Wildman–Crippen MR) is 101 cm³/mol. The Morgan fingerprint density at radius 1 is 1.19 bits per heavy atom. The molecule has 8 heteroatoms. The molecule has 1 amide bonds. The molecule has 2 aromatic rings. The summed E-state index contributed by atoms with van der Waals surface area (Å²) < 4.78 is 5.35. The number of rotatable bonds is 6. The molecule has 0 radical (unpaired) electrons. The van der Waals surface area contributed by atoms with Crippen LogP contribution in [0, 0.1) is 0 Å². The highest BCUT2D eigenvalue weighted by Gasteiger charge is 2.30. The van der Waals surface area contributed by atoms with E-state index in [1.165, 1.54) is 6.92 Å². The van der Waals surface area contributed by atoms with Crippen molar-refractivity contribution in [3.63, 3.8) is 0 Å². The standard InChI is InChI=1S/C19H17ClN4O3/c1-11(23-24-21)17(18(20)25)22-19(26)27-10-16-14-8-4-2-6-12(14)13-7-3-5-9-15(13)16/h2-9,11,16-17H,10H2,1H3,(H,22,26)/t11-,17-/m0/s1. The number of alkyl carbamates (subject to hydrolysis) is 1. The molecule has 0 saturated heterocycles. The summed E-state index contributed by atoms with van der Waals surface area (Å²) in [5.74, 6) is -0.0946. The second-order valence-electron chi connectivity index (χ2n) is 6.20. The molecule has 2 atom stereocenters. The molecule has 138 valence electrons. The lowest BCUT2D eigenvalue weighted by Crippen LogP contribution is -2.45. The number of hydrogen-bond acceptors (Lipinski definition) is 4. The zero-order valence-electron chi connectivity index (χ0n) is 14.5. The maximum absolute atomic E-state index is 12.2. The summed E-state index contributed by atoms with van der Waals surface area (Å²) in [6.07, 6.45) is -0.796. The van der Waals surface area contributed by atoms with Gasteiger partial charge in [-0.3, -0.25) is 4.79 Å². The highest BCUT2D eigenvalue weighted by molar-refractivity contribution is 6.65. The van der Waals surface area contributed by atoms with Gasteiger partial charge in [0.1, 0.15) is 12.6 Å². The van der Waals surface area contributed by atoms with Gasteiger partial charge >= 0.3 is 6.09 Å². The molecule has 1 N–H and O–H groups in total. The van der Waals surface area contributed by atoms with Crippen molar-refractivity contribution in [2.45, 2.75) is 24.9 Å². The molecule has 1 aliphatic carbocycles. The quantitative estimate of drug-likeness (QED) is 0.346. The third kappa shape index (κ3) is 3.89. The van der Waals surface area contributed by atoms with Gasteiger partial charge in [-0.15, -0.1) is 0 Å². The van der Waals surface area contributed by atoms with E-state index in [9.17, 15) is 9.59 Å². The molecular formula is C19H17ClN4O3. The summed E-state index contributed by atoms with van der Waals surface area (Å²) in [5, 5.41) is 4.94. The number of benzene rings is 2. The molecule has 0 aromatic heterocycles. The largest absolute Gasteiger partial charge is 0.449 e. The Kier molecular flexibility index (Phi) is 5.64. The summed E-state index contributed by atoms with van der Waals surface area (Å²) >= 11 is 5.49. The second-order valence-corrected chi connectivity index (χ2v) is 6.57. The number of amides is 1. The fraction of sp³-hybridized carbons (Fsp3) is 0.263. The Labute approximate surface area is 160 Å². The summed E-state index contributed by atoms with van der Waals surface area (Å²) in [4.78, 5) is 26.3. The Morgan fingerprint density at radius 2 is 1.74 bits per heavy atom. The molecule has 0 bridgehead atoms. The summed E-state index contributed by atoms with van der Waals surface area (Å²) in [5.41, 5.74) is 12.9. The molecule has 0 unspecified atom stereocenters. The fourth-order valence-corrected chi connectivity index (χ4v) is 3.52. The monoisotopic (exact) mass is 384 g/mol. The molecule has 0 spiro atoms. The van der Waals surface area contributed by atoms with Crippen molar-refractivity contribution >= 4 is 22.9 Å². The average Bonchev–Trinajstić information content (AvgIpc) is 2.98. The van der Waals surface area contributed by atoms with Crippen molar-refractivity contribution in [2.24, 2.45) is 5.11 Å². The van der Waals surface area contributed by atoms with Crippen LogP contribution < -0.4 is 5.32 Å². The lowest BCUT2D eigenvalue weighted by molar-refractivity contribution is -0.113. The Morgan fingerprint density at radius 3 is 2.26 bits per heavy atom. The third-order valence-electron chi connectivity index (χ3n) is 4.58. The van der Waals surface area contributed by atoms with Gasteiger partial charge in [0, 0.05) is 10.8 Å². The van der Waals surface area contributed by atoms with E-state index in [4.69, 9.17) is 21.9 Å². The zero-order valence-corrected chi connectivity index (χ0v) is 15.3. The molecule has 2 aromatic carbocycles. The zero-order chi connectivity index (χ0) is 19.4. The van der Waals surface area contributed by atoms with Crippen molar-refractivity contribution in [1.29, 1.82) is 0 Å². The van der Waals surface area contributed by atoms with E-state index >= 15 is 0 Å². The number of carbonyl (C=O) groups excluding carboxylic acids is 2. The number of nitrogens with one attached hydrogen (secondary N) is 1. The maximum Gasteiger partial charge on any atom is 0.407 e. The number of halogens is 1. The maximum atomic E-state index is 12.2. The van der Waals surface area contributed by atoms with Gasteiger partial charge in [-0.2, -0.15) is 0 Å². The van der Waals surface area contributed by atoms with E-state index in [2.05, 4.69) is 15.3 Å². The van der Waals surface area contributed by atoms with Gasteiger partial charge in [-0.05, 0) is 39.4 Å². The third-order valence-corrected chi connectivity index (χ3v) is 4.81. The van der Waals surface area contributed by atoms with Crippen LogP contribution in [-0.2, 0) is 9.53 Å². The first-order valence-electron chi connectivity index (χ1n) is 8.38. The van der Waals surface area contributed by atoms with E-state index < -0.39 is 23.4 Å². The van der Waals surface area contributed by atoms with Crippen LogP contribution in [0.15, 0.2) is 53.6 Å². The molecule has 7 nitrogen and oxygen atoms in total. The van der Waals surface area contributed by atoms with Gasteiger partial charge in [0.2, 0.25) is 5.24 Å². The Bertz CT molecular complexity index is 881. The number of carbonyl (C=O) groups is 2. The van der Waals surface area contributed by atoms with Crippen LogP contribution in [0.1, 0.15) is 24.0 Å². The molecule has 3 rings (SSSR count). The SMILES string of the molecule is C[C@H](N=[N+]=[N-])[C@H](NC(=O)OCC1c2ccccc2-c2ccccc21)C(=O)Cl. The minimum atomic E-state index is -1.15. The molecular weight excluding hydrogens is 368 g/mol. The number of nitrogens with zero attached hydrogens (tertiary/aromatic N) is 3. The van der Waals surface area contributed by atoms with E-state index in [-0.39, 0.29) is 12.5 Å². The summed E-state index contributed by atoms with van der Waals surface area (Å²) in [6, 6.07) is 13.9. The fourth-order valence-electron chi connectivity index (χ4n) is 3.28. The van der Waals surface area contributed by atoms with Crippen LogP contribution in [-0.4, -0.2) is 30.0 Å². The van der Waals surface area contributed by atoms with Crippen LogP contribution in [0.25, 0.3) is 21.6 Å². The highest BCUT2D eigenvalue weighted by atomic mass is 35.5. The molecule has 1 aliphatic rings. The molecule has 0 saturated carbocycles. The first-order chi connectivity index (χ1) is 13.0. The smallest absolute Gasteiger partial charge is 0.407 e. The van der Waals surface area contributed by atoms with Crippen molar-refractivity contribution in [2.75, 3.05) is 6.61 Å². The average molecular weight is 385 g/mol. The lowest BCUT2D eigenvalue weighted by Gasteiger charge is -2.19. The minimum absolute atomic E-state index is 0.0946. The normalized spacial score (nSPS) is 14.3. The number of fused-ring (bicyclic) bond motifs is 3. The van der Waals surface area contributed by atoms with Crippen LogP contribution in [0.2, 0.25) is 0 Å². The van der Waals surface area contributed by atoms with Crippen molar-refractivity contribution in [3.8, 4) is 11.1 Å². The highest BCUT2D eigenvalue weighted by Crippen LogP contribution is 2.44. The van der Waals surface area contributed by atoms with Crippen LogP contribution in [0.4, 0.5) is 4.79 Å². The van der Waals surface area contributed by atoms with Gasteiger partial charge in [-0.1, -0.05) is 60.6 Å². The summed E-state index contributed by atoms with van der Waals surface area (Å²) in [7, 11) is 0. The lowest BCUT2D eigenvalue weighted by atomic mass is 9.98. The minimum Gasteiger partial charge on any atom is -0.449 e. The van der Waals surface area contributed by atoms with Crippen molar-refractivity contribution < 1.29 is 14.3 Å². The number of hydrogen-bond donors (Lipinski definition) is 1. The van der Waals surface area contributed by atoms with Crippen LogP contribution in [0.3, 0.4) is 0 Å². The van der Waals surface area contributed by atoms with E-state index in [0.717, 1.165) is 22.3 Å². The molecule has 0 heterocycles. The first-order valence-corrected chi connectivity index (χ1v) is 8.75. The Balaban J connectivity index is 1.72. The predicted octanol–water partition coefficient (Wildman–Crippen LogP) is 4.36. The van der Waals surface area contributed by atoms with Gasteiger partial charge < -0.3 is 10.1 Å². The number of ether oxygens (including phenoxy) is 1. The van der Waals surface area contributed by atoms with Crippen molar-refractivity contribution in [3.05, 3.63) is 70.1 Å². The van der Waals surface area contributed by atoms with E-state index in [1.54, 1.807) is 0 Å². The molecule has 0 aliphatic heterocycles. The van der Waals surface area contributed by atoms with Gasteiger partial charge in [0.05, 0.1) is 6.04 Å². The van der Waals surface area contributed by atoms with E-state index in [1.807, 2.05) is 48.5 Å². The van der Waals surface area contributed by atoms with Gasteiger partial charge in [0.15, 0.2) is 0 Å². The number of azide groups is 1. The van der Waals surface area contributed by atoms with Crippen molar-refractivity contribution in [1.82, 2.24) is 5.32 Å². The van der Waals surface area contributed by atoms with Gasteiger partial charge in [-0.25, -0.2) is 4.79 Å². The second kappa shape index (κ2) is 8.12. The Hall–Kier alpha value is -3.02. The summed E-state index contributed by atoms with van der Waals surface area (Å²) in [6.45, 7) is 1.59. The van der Waals surface area contributed by atoms with E-state index in [0.29, 0.717) is 0 Å². The molecule has 27 heavy (non-hydrogen) atoms. The molecule has 0 fully saturated rings.